The van der Waals surface area contributed by atoms with Crippen LogP contribution in [0.1, 0.15) is 37.5 Å². The number of fused-ring (bicyclic) bond motifs is 3. The van der Waals surface area contributed by atoms with Gasteiger partial charge in [0.1, 0.15) is 25.4 Å². The minimum atomic E-state index is -2.07. The van der Waals surface area contributed by atoms with Crippen LogP contribution in [0.3, 0.4) is 0 Å². The number of pyridine rings is 1. The van der Waals surface area contributed by atoms with E-state index in [4.69, 9.17) is 9.72 Å². The summed E-state index contributed by atoms with van der Waals surface area (Å²) < 4.78 is 11.5. The Bertz CT molecular complexity index is 2860. The Labute approximate surface area is 342 Å². The zero-order chi connectivity index (χ0) is 39.9. The highest BCUT2D eigenvalue weighted by atomic mass is 28.3. The number of aromatic nitrogens is 3. The van der Waals surface area contributed by atoms with Gasteiger partial charge in [0.25, 0.3) is 6.33 Å². The standard InChI is InChI=1S/C50H46BN5OSi/c1-34-17-14-18-35(2)47(34)51-55(38-21-12-9-13-22-38)43-24-16-28-52-49(43)56(51)39-29-36(50(3,4)5)30-41(31-39)57-40-26-27-45-44(32-40)54-33-53(37-19-10-8-11-20-37)42-23-15-25-46(48(42)54)58(45,6)7/h8-32H,1-7H3. The molecule has 0 spiro atoms. The summed E-state index contributed by atoms with van der Waals surface area (Å²) in [6.07, 6.45) is 5.65. The van der Waals surface area contributed by atoms with Crippen LogP contribution in [0.2, 0.25) is 13.1 Å². The lowest BCUT2D eigenvalue weighted by Crippen LogP contribution is -2.57. The maximum Gasteiger partial charge on any atom is 0.422 e. The SMILES string of the molecule is Cc1cccc(C)c1B1N(c2ccccc2)c2cccnc2N1c1cc(Oc2ccc3c(c2)-n2[c-][n+](-c4ccccc4)c4cccc(c42)[Si]3(C)C)cc(C(C)(C)C)c1. The molecule has 4 heterocycles. The molecule has 0 saturated heterocycles. The molecular weight excluding hydrogens is 725 g/mol. The Morgan fingerprint density at radius 1 is 0.655 bits per heavy atom. The van der Waals surface area contributed by atoms with Crippen molar-refractivity contribution in [2.75, 3.05) is 9.62 Å². The minimum absolute atomic E-state index is 0.153. The van der Waals surface area contributed by atoms with Crippen LogP contribution in [0, 0.1) is 20.2 Å². The summed E-state index contributed by atoms with van der Waals surface area (Å²) >= 11 is 0. The molecular formula is C50H46BN5OSi. The van der Waals surface area contributed by atoms with Crippen LogP contribution in [0.15, 0.2) is 152 Å². The van der Waals surface area contributed by atoms with E-state index >= 15 is 0 Å². The molecule has 6 aromatic carbocycles. The molecule has 2 aliphatic rings. The second-order valence-electron chi connectivity index (χ2n) is 17.3. The first kappa shape index (κ1) is 36.0. The first-order valence-electron chi connectivity index (χ1n) is 20.2. The summed E-state index contributed by atoms with van der Waals surface area (Å²) in [5, 5.41) is 2.79. The lowest BCUT2D eigenvalue weighted by Gasteiger charge is -2.33. The molecule has 0 saturated carbocycles. The maximum atomic E-state index is 7.03. The summed E-state index contributed by atoms with van der Waals surface area (Å²) in [7, 11) is -2.07. The molecule has 2 aliphatic heterocycles. The predicted octanol–water partition coefficient (Wildman–Crippen LogP) is 9.63. The number of hydrogen-bond acceptors (Lipinski definition) is 4. The third-order valence-electron chi connectivity index (χ3n) is 12.1. The molecule has 284 valence electrons. The van der Waals surface area contributed by atoms with Crippen molar-refractivity contribution >= 4 is 64.8 Å². The highest BCUT2D eigenvalue weighted by Gasteiger charge is 2.46. The summed E-state index contributed by atoms with van der Waals surface area (Å²) in [5.74, 6) is 2.49. The van der Waals surface area contributed by atoms with Crippen LogP contribution in [0.5, 0.6) is 11.5 Å². The van der Waals surface area contributed by atoms with E-state index < -0.39 is 8.07 Å². The molecule has 2 aromatic heterocycles. The molecule has 0 bridgehead atoms. The normalized spacial score (nSPS) is 14.2. The van der Waals surface area contributed by atoms with Crippen LogP contribution in [0.25, 0.3) is 22.4 Å². The van der Waals surface area contributed by atoms with Crippen LogP contribution in [-0.2, 0) is 5.41 Å². The van der Waals surface area contributed by atoms with E-state index in [0.29, 0.717) is 0 Å². The number of anilines is 4. The number of ether oxygens (including phenoxy) is 1. The van der Waals surface area contributed by atoms with Crippen LogP contribution in [-0.4, -0.2) is 24.6 Å². The van der Waals surface area contributed by atoms with Gasteiger partial charge in [-0.25, -0.2) is 4.98 Å². The summed E-state index contributed by atoms with van der Waals surface area (Å²) in [4.78, 5) is 9.94. The fraction of sp³-hybridized carbons (Fsp3) is 0.160. The van der Waals surface area contributed by atoms with Gasteiger partial charge >= 0.3 is 6.98 Å². The van der Waals surface area contributed by atoms with Gasteiger partial charge in [0, 0.05) is 23.6 Å². The third-order valence-corrected chi connectivity index (χ3v) is 15.6. The molecule has 58 heavy (non-hydrogen) atoms. The molecule has 10 rings (SSSR count). The quantitative estimate of drug-likeness (QED) is 0.0960. The largest absolute Gasteiger partial charge is 0.458 e. The van der Waals surface area contributed by atoms with Crippen molar-refractivity contribution in [3.05, 3.63) is 175 Å². The Hall–Kier alpha value is -6.38. The smallest absolute Gasteiger partial charge is 0.422 e. The zero-order valence-corrected chi connectivity index (χ0v) is 35.2. The van der Waals surface area contributed by atoms with E-state index in [1.807, 2.05) is 12.3 Å². The van der Waals surface area contributed by atoms with Crippen molar-refractivity contribution in [1.29, 1.82) is 0 Å². The maximum absolute atomic E-state index is 7.03. The van der Waals surface area contributed by atoms with E-state index in [9.17, 15) is 0 Å². The Morgan fingerprint density at radius 2 is 1.38 bits per heavy atom. The molecule has 0 N–H and O–H groups in total. The van der Waals surface area contributed by atoms with E-state index in [1.54, 1.807) is 0 Å². The molecule has 0 fully saturated rings. The topological polar surface area (TPSA) is 37.4 Å². The van der Waals surface area contributed by atoms with E-state index in [1.165, 1.54) is 38.0 Å². The van der Waals surface area contributed by atoms with E-state index in [-0.39, 0.29) is 12.4 Å². The van der Waals surface area contributed by atoms with Crippen molar-refractivity contribution in [2.45, 2.75) is 53.1 Å². The second-order valence-corrected chi connectivity index (χ2v) is 21.6. The van der Waals surface area contributed by atoms with Gasteiger partial charge in [-0.05, 0) is 101 Å². The molecule has 8 aromatic rings. The van der Waals surface area contributed by atoms with Gasteiger partial charge in [0.2, 0.25) is 0 Å². The van der Waals surface area contributed by atoms with Crippen LogP contribution < -0.4 is 34.8 Å². The van der Waals surface area contributed by atoms with Crippen molar-refractivity contribution in [2.24, 2.45) is 0 Å². The fourth-order valence-electron chi connectivity index (χ4n) is 9.14. The van der Waals surface area contributed by atoms with Gasteiger partial charge in [-0.3, -0.25) is 9.13 Å². The van der Waals surface area contributed by atoms with Crippen molar-refractivity contribution < 1.29 is 9.30 Å². The first-order chi connectivity index (χ1) is 28.0. The molecule has 0 aliphatic carbocycles. The Kier molecular flexibility index (Phi) is 8.29. The highest BCUT2D eigenvalue weighted by Crippen LogP contribution is 2.47. The predicted molar refractivity (Wildman–Crippen MR) is 242 cm³/mol. The molecule has 0 atom stereocenters. The molecule has 0 unspecified atom stereocenters. The lowest BCUT2D eigenvalue weighted by molar-refractivity contribution is -0.572. The number of rotatable bonds is 6. The molecule has 6 nitrogen and oxygen atoms in total. The summed E-state index contributed by atoms with van der Waals surface area (Å²) in [6.45, 7) is 16.0. The monoisotopic (exact) mass is 771 g/mol. The van der Waals surface area contributed by atoms with Crippen molar-refractivity contribution in [1.82, 2.24) is 9.55 Å². The molecule has 0 radical (unpaired) electrons. The van der Waals surface area contributed by atoms with Crippen molar-refractivity contribution in [3.8, 4) is 22.9 Å². The third kappa shape index (κ3) is 5.69. The number of imidazole rings is 1. The molecule has 8 heteroatoms. The lowest BCUT2D eigenvalue weighted by atomic mass is 9.61. The van der Waals surface area contributed by atoms with Gasteiger partial charge in [-0.15, -0.1) is 0 Å². The zero-order valence-electron chi connectivity index (χ0n) is 34.2. The second kappa shape index (κ2) is 13.4. The Morgan fingerprint density at radius 3 is 2.12 bits per heavy atom. The first-order valence-corrected chi connectivity index (χ1v) is 23.2. The number of aryl methyl sites for hydroxylation is 2. The number of para-hydroxylation sites is 3. The van der Waals surface area contributed by atoms with Gasteiger partial charge < -0.3 is 14.4 Å². The average Bonchev–Trinajstić information content (AvgIpc) is 3.77. The minimum Gasteiger partial charge on any atom is -0.458 e. The van der Waals surface area contributed by atoms with E-state index in [0.717, 1.165) is 51.3 Å². The summed E-state index contributed by atoms with van der Waals surface area (Å²) in [5.41, 5.74) is 12.6. The van der Waals surface area contributed by atoms with Crippen molar-refractivity contribution in [3.63, 3.8) is 0 Å². The van der Waals surface area contributed by atoms with Crippen LogP contribution >= 0.6 is 0 Å². The van der Waals surface area contributed by atoms with Gasteiger partial charge in [-0.2, -0.15) is 0 Å². The van der Waals surface area contributed by atoms with E-state index in [2.05, 4.69) is 212 Å². The van der Waals surface area contributed by atoms with Gasteiger partial charge in [0.15, 0.2) is 0 Å². The highest BCUT2D eigenvalue weighted by molar-refractivity contribution is 7.02. The average molecular weight is 772 g/mol. The fourth-order valence-corrected chi connectivity index (χ4v) is 12.1. The molecule has 0 amide bonds. The number of benzene rings is 6. The van der Waals surface area contributed by atoms with Crippen LogP contribution in [0.4, 0.5) is 22.9 Å². The Balaban J connectivity index is 1.13. The van der Waals surface area contributed by atoms with Gasteiger partial charge in [0.05, 0.1) is 28.1 Å². The summed E-state index contributed by atoms with van der Waals surface area (Å²) in [6, 6.07) is 52.1. The number of nitrogens with zero attached hydrogens (tertiary/aromatic N) is 5. The van der Waals surface area contributed by atoms with Gasteiger partial charge in [-0.1, -0.05) is 124 Å². The number of hydrogen-bond donors (Lipinski definition) is 0.